The van der Waals surface area contributed by atoms with Crippen molar-refractivity contribution in [1.82, 2.24) is 9.80 Å². The maximum absolute atomic E-state index is 12.3. The third-order valence-electron chi connectivity index (χ3n) is 4.02. The standard InChI is InChI=1S/C16H20N2O8S2/c1-3-25-13(21)9(17-11(19)7-27-15(17)23)5-6-10(14(22)26-4-2)18-12(20)8-28-16(18)24/h9-10H,3-8H2,1-2H3. The van der Waals surface area contributed by atoms with E-state index in [4.69, 9.17) is 9.47 Å². The maximum Gasteiger partial charge on any atom is 0.329 e. The molecule has 2 atom stereocenters. The van der Waals surface area contributed by atoms with Crippen molar-refractivity contribution in [3.05, 3.63) is 0 Å². The number of nitrogens with zero attached hydrogens (tertiary/aromatic N) is 2. The van der Waals surface area contributed by atoms with Crippen molar-refractivity contribution in [3.63, 3.8) is 0 Å². The van der Waals surface area contributed by atoms with Crippen LogP contribution >= 0.6 is 23.5 Å². The lowest BCUT2D eigenvalue weighted by Gasteiger charge is -2.28. The van der Waals surface area contributed by atoms with Crippen molar-refractivity contribution < 1.29 is 38.2 Å². The Kier molecular flexibility index (Phi) is 7.87. The van der Waals surface area contributed by atoms with Crippen molar-refractivity contribution in [3.8, 4) is 0 Å². The summed E-state index contributed by atoms with van der Waals surface area (Å²) in [5.74, 6) is -2.83. The topological polar surface area (TPSA) is 127 Å². The van der Waals surface area contributed by atoms with Gasteiger partial charge >= 0.3 is 11.9 Å². The van der Waals surface area contributed by atoms with Gasteiger partial charge in [0.1, 0.15) is 12.1 Å². The quantitative estimate of drug-likeness (QED) is 0.487. The summed E-state index contributed by atoms with van der Waals surface area (Å²) in [6, 6.07) is -2.49. The van der Waals surface area contributed by atoms with Crippen molar-refractivity contribution in [2.24, 2.45) is 0 Å². The molecule has 0 N–H and O–H groups in total. The first kappa shape index (κ1) is 22.2. The molecule has 0 bridgehead atoms. The fourth-order valence-electron chi connectivity index (χ4n) is 2.83. The monoisotopic (exact) mass is 432 g/mol. The molecule has 0 radical (unpaired) electrons. The lowest BCUT2D eigenvalue weighted by molar-refractivity contribution is -0.154. The summed E-state index contributed by atoms with van der Waals surface area (Å²) in [5.41, 5.74) is 0. The van der Waals surface area contributed by atoms with E-state index in [0.29, 0.717) is 0 Å². The Morgan fingerprint density at radius 1 is 0.821 bits per heavy atom. The van der Waals surface area contributed by atoms with E-state index < -0.39 is 46.3 Å². The van der Waals surface area contributed by atoms with Gasteiger partial charge in [-0.05, 0) is 26.7 Å². The normalized spacial score (nSPS) is 19.2. The number of rotatable bonds is 9. The largest absolute Gasteiger partial charge is 0.464 e. The van der Waals surface area contributed by atoms with Crippen LogP contribution < -0.4 is 0 Å². The van der Waals surface area contributed by atoms with Crippen molar-refractivity contribution in [2.75, 3.05) is 24.7 Å². The number of ether oxygens (including phenoxy) is 2. The number of amides is 4. The van der Waals surface area contributed by atoms with Crippen LogP contribution in [0, 0.1) is 0 Å². The third-order valence-corrected chi connectivity index (χ3v) is 5.69. The molecule has 2 rings (SSSR count). The lowest BCUT2D eigenvalue weighted by atomic mass is 10.0. The number of hydrogen-bond acceptors (Lipinski definition) is 10. The Labute approximate surface area is 169 Å². The molecular formula is C16H20N2O8S2. The molecule has 2 heterocycles. The highest BCUT2D eigenvalue weighted by atomic mass is 32.2. The van der Waals surface area contributed by atoms with Crippen LogP contribution in [0.3, 0.4) is 0 Å². The minimum absolute atomic E-state index is 0.0414. The molecule has 0 spiro atoms. The van der Waals surface area contributed by atoms with Gasteiger partial charge in [-0.15, -0.1) is 0 Å². The van der Waals surface area contributed by atoms with Gasteiger partial charge in [0.25, 0.3) is 10.5 Å². The fraction of sp³-hybridized carbons (Fsp3) is 0.625. The Morgan fingerprint density at radius 2 is 1.18 bits per heavy atom. The van der Waals surface area contributed by atoms with Gasteiger partial charge in [0.15, 0.2) is 0 Å². The average Bonchev–Trinajstić information content (AvgIpc) is 3.15. The molecule has 28 heavy (non-hydrogen) atoms. The maximum atomic E-state index is 12.3. The highest BCUT2D eigenvalue weighted by Crippen LogP contribution is 2.28. The predicted molar refractivity (Wildman–Crippen MR) is 99.5 cm³/mol. The van der Waals surface area contributed by atoms with Crippen LogP contribution in [0.2, 0.25) is 0 Å². The summed E-state index contributed by atoms with van der Waals surface area (Å²) in [5, 5.41) is -1.17. The molecule has 154 valence electrons. The smallest absolute Gasteiger partial charge is 0.329 e. The number of thioether (sulfide) groups is 2. The van der Waals surface area contributed by atoms with Crippen LogP contribution in [-0.2, 0) is 28.7 Å². The minimum atomic E-state index is -1.24. The number of carbonyl (C=O) groups excluding carboxylic acids is 6. The lowest BCUT2D eigenvalue weighted by Crippen LogP contribution is -2.49. The molecule has 2 aliphatic heterocycles. The Morgan fingerprint density at radius 3 is 1.43 bits per heavy atom. The van der Waals surface area contributed by atoms with E-state index in [0.717, 1.165) is 33.3 Å². The Balaban J connectivity index is 2.22. The zero-order valence-electron chi connectivity index (χ0n) is 15.4. The molecule has 4 amide bonds. The minimum Gasteiger partial charge on any atom is -0.464 e. The van der Waals surface area contributed by atoms with Crippen LogP contribution in [0.15, 0.2) is 0 Å². The van der Waals surface area contributed by atoms with Crippen molar-refractivity contribution in [1.29, 1.82) is 0 Å². The number of carbonyl (C=O) groups is 6. The summed E-state index contributed by atoms with van der Waals surface area (Å²) in [6.07, 6.45) is -0.301. The van der Waals surface area contributed by atoms with Crippen LogP contribution in [0.4, 0.5) is 9.59 Å². The van der Waals surface area contributed by atoms with E-state index in [9.17, 15) is 28.8 Å². The molecule has 0 aromatic rings. The molecule has 0 saturated carbocycles. The molecule has 2 saturated heterocycles. The van der Waals surface area contributed by atoms with Gasteiger partial charge in [-0.2, -0.15) is 0 Å². The Bertz CT molecular complexity index is 608. The zero-order valence-corrected chi connectivity index (χ0v) is 17.0. The van der Waals surface area contributed by atoms with Crippen LogP contribution in [0.1, 0.15) is 26.7 Å². The van der Waals surface area contributed by atoms with Gasteiger partial charge in [0.2, 0.25) is 11.8 Å². The zero-order chi connectivity index (χ0) is 20.8. The molecule has 0 aromatic heterocycles. The van der Waals surface area contributed by atoms with E-state index in [1.54, 1.807) is 13.8 Å². The van der Waals surface area contributed by atoms with Crippen LogP contribution in [-0.4, -0.2) is 80.8 Å². The molecule has 2 aliphatic rings. The van der Waals surface area contributed by atoms with E-state index in [-0.39, 0.29) is 37.6 Å². The highest BCUT2D eigenvalue weighted by Gasteiger charge is 2.44. The second kappa shape index (κ2) is 9.92. The average molecular weight is 432 g/mol. The van der Waals surface area contributed by atoms with Gasteiger partial charge in [-0.1, -0.05) is 23.5 Å². The highest BCUT2D eigenvalue weighted by molar-refractivity contribution is 8.15. The first-order valence-corrected chi connectivity index (χ1v) is 10.6. The first-order valence-electron chi connectivity index (χ1n) is 8.62. The van der Waals surface area contributed by atoms with Gasteiger partial charge in [-0.3, -0.25) is 29.0 Å². The number of imide groups is 2. The predicted octanol–water partition coefficient (Wildman–Crippen LogP) is 1.02. The van der Waals surface area contributed by atoms with Crippen molar-refractivity contribution >= 4 is 57.8 Å². The van der Waals surface area contributed by atoms with E-state index in [2.05, 4.69) is 0 Å². The van der Waals surface area contributed by atoms with Crippen LogP contribution in [0.5, 0.6) is 0 Å². The molecule has 0 aliphatic carbocycles. The molecule has 0 aromatic carbocycles. The second-order valence-electron chi connectivity index (χ2n) is 5.75. The summed E-state index contributed by atoms with van der Waals surface area (Å²) in [6.45, 7) is 3.24. The van der Waals surface area contributed by atoms with Gasteiger partial charge in [0.05, 0.1) is 24.7 Å². The second-order valence-corrected chi connectivity index (χ2v) is 7.60. The van der Waals surface area contributed by atoms with Gasteiger partial charge in [0, 0.05) is 0 Å². The number of hydrogen-bond donors (Lipinski definition) is 0. The van der Waals surface area contributed by atoms with E-state index in [1.807, 2.05) is 0 Å². The molecule has 2 unspecified atom stereocenters. The van der Waals surface area contributed by atoms with E-state index in [1.165, 1.54) is 0 Å². The molecule has 10 nitrogen and oxygen atoms in total. The molecular weight excluding hydrogens is 412 g/mol. The Hall–Kier alpha value is -2.08. The number of esters is 2. The summed E-state index contributed by atoms with van der Waals surface area (Å²) in [7, 11) is 0. The van der Waals surface area contributed by atoms with Gasteiger partial charge in [-0.25, -0.2) is 9.59 Å². The summed E-state index contributed by atoms with van der Waals surface area (Å²) >= 11 is 1.54. The summed E-state index contributed by atoms with van der Waals surface area (Å²) in [4.78, 5) is 74.4. The van der Waals surface area contributed by atoms with Gasteiger partial charge < -0.3 is 9.47 Å². The van der Waals surface area contributed by atoms with Crippen molar-refractivity contribution in [2.45, 2.75) is 38.8 Å². The third kappa shape index (κ3) is 4.85. The summed E-state index contributed by atoms with van der Waals surface area (Å²) < 4.78 is 9.92. The molecule has 12 heteroatoms. The van der Waals surface area contributed by atoms with E-state index >= 15 is 0 Å². The first-order chi connectivity index (χ1) is 13.3. The fourth-order valence-corrected chi connectivity index (χ4v) is 4.34. The molecule has 2 fully saturated rings. The van der Waals surface area contributed by atoms with Crippen LogP contribution in [0.25, 0.3) is 0 Å². The SMILES string of the molecule is CCOC(=O)C(CCC(C(=O)OCC)N1C(=O)CSC1=O)N1C(=O)CSC1=O.